The molecule has 0 spiro atoms. The fraction of sp³-hybridized carbons (Fsp3) is 0.526. The Labute approximate surface area is 154 Å². The number of hydrogen-bond donors (Lipinski definition) is 1. The van der Waals surface area contributed by atoms with Gasteiger partial charge >= 0.3 is 0 Å². The largest absolute Gasteiger partial charge is 0.461 e. The summed E-state index contributed by atoms with van der Waals surface area (Å²) in [5, 5.41) is 1.09. The lowest BCUT2D eigenvalue weighted by Gasteiger charge is -2.37. The number of hydrogen-bond acceptors (Lipinski definition) is 4. The molecule has 0 radical (unpaired) electrons. The van der Waals surface area contributed by atoms with E-state index in [2.05, 4.69) is 13.0 Å². The lowest BCUT2D eigenvalue weighted by Crippen LogP contribution is -2.49. The molecule has 6 heteroatoms. The second-order valence-corrected chi connectivity index (χ2v) is 6.61. The molecule has 5 nitrogen and oxygen atoms in total. The molecule has 0 unspecified atom stereocenters. The molecule has 0 bridgehead atoms. The number of para-hydroxylation sites is 1. The monoisotopic (exact) mass is 366 g/mol. The lowest BCUT2D eigenvalue weighted by molar-refractivity contribution is -0.146. The van der Waals surface area contributed by atoms with Gasteiger partial charge in [0.1, 0.15) is 11.3 Å². The van der Waals surface area contributed by atoms with Crippen LogP contribution in [0.25, 0.3) is 11.0 Å². The summed E-state index contributed by atoms with van der Waals surface area (Å²) in [5.74, 6) is 1.06. The van der Waals surface area contributed by atoms with Gasteiger partial charge in [0.15, 0.2) is 0 Å². The number of halogens is 1. The summed E-state index contributed by atoms with van der Waals surface area (Å²) < 4.78 is 11.4. The zero-order chi connectivity index (χ0) is 17.2. The maximum absolute atomic E-state index is 13.1. The zero-order valence-corrected chi connectivity index (χ0v) is 15.7. The summed E-state index contributed by atoms with van der Waals surface area (Å²) >= 11 is 0. The number of carbonyl (C=O) groups is 1. The average molecular weight is 367 g/mol. The molecule has 2 N–H and O–H groups in total. The molecule has 0 aliphatic carbocycles. The molecule has 1 aliphatic heterocycles. The first-order valence-electron chi connectivity index (χ1n) is 8.64. The number of ether oxygens (including phenoxy) is 1. The number of rotatable bonds is 5. The third-order valence-corrected chi connectivity index (χ3v) is 5.14. The normalized spacial score (nSPS) is 16.4. The van der Waals surface area contributed by atoms with Crippen LogP contribution in [0.4, 0.5) is 0 Å². The van der Waals surface area contributed by atoms with E-state index in [1.54, 1.807) is 4.90 Å². The minimum Gasteiger partial charge on any atom is -0.461 e. The first-order chi connectivity index (χ1) is 11.6. The van der Waals surface area contributed by atoms with Gasteiger partial charge in [0, 0.05) is 50.7 Å². The standard InChI is InChI=1S/C19H26N2O3.ClH/c1-3-16-15(14-6-4-5-7-17(14)24-16)12-21(2)18(22)19(13-20)8-10-23-11-9-19;/h4-7H,3,8-13,20H2,1-2H3;1H. The number of benzene rings is 1. The van der Waals surface area contributed by atoms with Crippen LogP contribution in [0.2, 0.25) is 0 Å². The van der Waals surface area contributed by atoms with E-state index in [9.17, 15) is 4.79 Å². The van der Waals surface area contributed by atoms with Gasteiger partial charge in [-0.3, -0.25) is 4.79 Å². The first-order valence-corrected chi connectivity index (χ1v) is 8.64. The summed E-state index contributed by atoms with van der Waals surface area (Å²) in [6, 6.07) is 8.00. The van der Waals surface area contributed by atoms with Gasteiger partial charge in [0.2, 0.25) is 5.91 Å². The zero-order valence-electron chi connectivity index (χ0n) is 14.9. The van der Waals surface area contributed by atoms with E-state index in [-0.39, 0.29) is 18.3 Å². The Kier molecular flexibility index (Phi) is 6.49. The van der Waals surface area contributed by atoms with Crippen molar-refractivity contribution in [1.29, 1.82) is 0 Å². The van der Waals surface area contributed by atoms with Crippen LogP contribution < -0.4 is 5.73 Å². The van der Waals surface area contributed by atoms with Crippen molar-refractivity contribution in [3.8, 4) is 0 Å². The molecule has 1 aliphatic rings. The maximum Gasteiger partial charge on any atom is 0.230 e. The van der Waals surface area contributed by atoms with Crippen LogP contribution in [0.1, 0.15) is 31.1 Å². The maximum atomic E-state index is 13.1. The number of amides is 1. The van der Waals surface area contributed by atoms with Gasteiger partial charge in [-0.25, -0.2) is 0 Å². The van der Waals surface area contributed by atoms with Crippen LogP contribution in [0.5, 0.6) is 0 Å². The Morgan fingerprint density at radius 2 is 1.96 bits per heavy atom. The Bertz CT molecular complexity index is 723. The average Bonchev–Trinajstić information content (AvgIpc) is 2.99. The fourth-order valence-electron chi connectivity index (χ4n) is 3.59. The molecule has 2 aromatic rings. The minimum atomic E-state index is -0.487. The van der Waals surface area contributed by atoms with Gasteiger partial charge in [-0.2, -0.15) is 0 Å². The van der Waals surface area contributed by atoms with Gasteiger partial charge in [-0.05, 0) is 18.9 Å². The van der Waals surface area contributed by atoms with Crippen LogP contribution in [0, 0.1) is 5.41 Å². The highest BCUT2D eigenvalue weighted by atomic mass is 35.5. The number of aryl methyl sites for hydroxylation is 1. The van der Waals surface area contributed by atoms with E-state index in [0.29, 0.717) is 39.1 Å². The second kappa shape index (κ2) is 8.21. The van der Waals surface area contributed by atoms with Crippen molar-refractivity contribution in [1.82, 2.24) is 4.90 Å². The topological polar surface area (TPSA) is 68.7 Å². The lowest BCUT2D eigenvalue weighted by atomic mass is 9.79. The molecule has 2 heterocycles. The molecule has 1 amide bonds. The molecule has 138 valence electrons. The number of nitrogens with two attached hydrogens (primary N) is 1. The molecule has 1 fully saturated rings. The Hall–Kier alpha value is -1.56. The highest BCUT2D eigenvalue weighted by Gasteiger charge is 2.40. The summed E-state index contributed by atoms with van der Waals surface area (Å²) in [5.41, 5.74) is 7.47. The number of furan rings is 1. The van der Waals surface area contributed by atoms with Gasteiger partial charge in [-0.15, -0.1) is 12.4 Å². The fourth-order valence-corrected chi connectivity index (χ4v) is 3.59. The third kappa shape index (κ3) is 3.68. The molecule has 25 heavy (non-hydrogen) atoms. The molecule has 1 aromatic heterocycles. The van der Waals surface area contributed by atoms with Crippen molar-refractivity contribution in [3.05, 3.63) is 35.6 Å². The van der Waals surface area contributed by atoms with Crippen molar-refractivity contribution >= 4 is 29.3 Å². The molecule has 3 rings (SSSR count). The highest BCUT2D eigenvalue weighted by Crippen LogP contribution is 2.33. The Morgan fingerprint density at radius 3 is 2.60 bits per heavy atom. The Morgan fingerprint density at radius 1 is 1.28 bits per heavy atom. The number of carbonyl (C=O) groups excluding carboxylic acids is 1. The van der Waals surface area contributed by atoms with Crippen LogP contribution in [0.15, 0.2) is 28.7 Å². The van der Waals surface area contributed by atoms with Gasteiger partial charge in [0.25, 0.3) is 0 Å². The summed E-state index contributed by atoms with van der Waals surface area (Å²) in [7, 11) is 1.86. The summed E-state index contributed by atoms with van der Waals surface area (Å²) in [4.78, 5) is 14.9. The molecular weight excluding hydrogens is 340 g/mol. The number of fused-ring (bicyclic) bond motifs is 1. The molecule has 0 atom stereocenters. The molecule has 1 saturated heterocycles. The highest BCUT2D eigenvalue weighted by molar-refractivity contribution is 5.86. The van der Waals surface area contributed by atoms with E-state index < -0.39 is 5.41 Å². The van der Waals surface area contributed by atoms with Crippen LogP contribution in [-0.4, -0.2) is 37.6 Å². The van der Waals surface area contributed by atoms with E-state index in [4.69, 9.17) is 14.9 Å². The first kappa shape index (κ1) is 19.8. The van der Waals surface area contributed by atoms with E-state index in [1.165, 1.54) is 0 Å². The third-order valence-electron chi connectivity index (χ3n) is 5.14. The van der Waals surface area contributed by atoms with Gasteiger partial charge < -0.3 is 19.8 Å². The Balaban J connectivity index is 0.00000225. The summed E-state index contributed by atoms with van der Waals surface area (Å²) in [6.45, 7) is 4.19. The second-order valence-electron chi connectivity index (χ2n) is 6.61. The van der Waals surface area contributed by atoms with E-state index in [1.807, 2.05) is 25.2 Å². The van der Waals surface area contributed by atoms with Crippen LogP contribution in [0.3, 0.4) is 0 Å². The van der Waals surface area contributed by atoms with E-state index >= 15 is 0 Å². The quantitative estimate of drug-likeness (QED) is 0.882. The summed E-state index contributed by atoms with van der Waals surface area (Å²) in [6.07, 6.45) is 2.20. The van der Waals surface area contributed by atoms with Crippen molar-refractivity contribution in [3.63, 3.8) is 0 Å². The van der Waals surface area contributed by atoms with Crippen LogP contribution >= 0.6 is 12.4 Å². The van der Waals surface area contributed by atoms with Crippen molar-refractivity contribution in [2.45, 2.75) is 32.7 Å². The SMILES string of the molecule is CCc1oc2ccccc2c1CN(C)C(=O)C1(CN)CCOCC1.Cl. The molecular formula is C19H27ClN2O3. The predicted molar refractivity (Wildman–Crippen MR) is 101 cm³/mol. The smallest absolute Gasteiger partial charge is 0.230 e. The van der Waals surface area contributed by atoms with Crippen molar-refractivity contribution in [2.75, 3.05) is 26.8 Å². The van der Waals surface area contributed by atoms with Gasteiger partial charge in [-0.1, -0.05) is 25.1 Å². The predicted octanol–water partition coefficient (Wildman–Crippen LogP) is 3.13. The minimum absolute atomic E-state index is 0. The van der Waals surface area contributed by atoms with Crippen molar-refractivity contribution in [2.24, 2.45) is 11.1 Å². The molecule has 1 aromatic carbocycles. The van der Waals surface area contributed by atoms with E-state index in [0.717, 1.165) is 28.7 Å². The molecule has 0 saturated carbocycles. The number of nitrogens with zero attached hydrogens (tertiary/aromatic N) is 1. The van der Waals surface area contributed by atoms with Crippen LogP contribution in [-0.2, 0) is 22.5 Å². The van der Waals surface area contributed by atoms with Gasteiger partial charge in [0.05, 0.1) is 5.41 Å². The van der Waals surface area contributed by atoms with Crippen molar-refractivity contribution < 1.29 is 13.9 Å².